The third-order valence-electron chi connectivity index (χ3n) is 4.12. The molecule has 0 saturated carbocycles. The molecule has 1 atom stereocenters. The summed E-state index contributed by atoms with van der Waals surface area (Å²) < 4.78 is 5.63. The highest BCUT2D eigenvalue weighted by Gasteiger charge is 2.26. The molecule has 26 heavy (non-hydrogen) atoms. The predicted octanol–water partition coefficient (Wildman–Crippen LogP) is 4.07. The normalized spacial score (nSPS) is 12.2. The van der Waals surface area contributed by atoms with Gasteiger partial charge in [-0.25, -0.2) is 9.78 Å². The van der Waals surface area contributed by atoms with Crippen LogP contribution in [0.3, 0.4) is 0 Å². The molecule has 0 unspecified atom stereocenters. The van der Waals surface area contributed by atoms with Crippen molar-refractivity contribution in [3.63, 3.8) is 0 Å². The molecular formula is C19H24N2O4S. The van der Waals surface area contributed by atoms with Crippen LogP contribution in [0.5, 0.6) is 0 Å². The first-order chi connectivity index (χ1) is 12.4. The molecule has 0 aliphatic rings. The van der Waals surface area contributed by atoms with Crippen LogP contribution in [0.1, 0.15) is 41.3 Å². The van der Waals surface area contributed by atoms with E-state index in [4.69, 9.17) is 9.84 Å². The maximum absolute atomic E-state index is 12.5. The SMILES string of the molecule is CC(C)[C@@H](CC(=O)c1nc(COCc2ccccc2)cs1)N(C)C(=O)O. The molecule has 1 aromatic heterocycles. The second kappa shape index (κ2) is 9.45. The highest BCUT2D eigenvalue weighted by Crippen LogP contribution is 2.19. The minimum absolute atomic E-state index is 0.0358. The van der Waals surface area contributed by atoms with E-state index in [2.05, 4.69) is 4.98 Å². The average molecular weight is 376 g/mol. The first kappa shape index (κ1) is 20.1. The second-order valence-electron chi connectivity index (χ2n) is 6.45. The highest BCUT2D eigenvalue weighted by molar-refractivity contribution is 7.11. The Morgan fingerprint density at radius 2 is 1.92 bits per heavy atom. The number of hydrogen-bond acceptors (Lipinski definition) is 5. The molecule has 0 saturated heterocycles. The van der Waals surface area contributed by atoms with Crippen LogP contribution in [-0.2, 0) is 18.0 Å². The lowest BCUT2D eigenvalue weighted by molar-refractivity contribution is 0.0883. The quantitative estimate of drug-likeness (QED) is 0.668. The average Bonchev–Trinajstić information content (AvgIpc) is 3.08. The molecule has 6 nitrogen and oxygen atoms in total. The van der Waals surface area contributed by atoms with E-state index in [1.807, 2.05) is 49.6 Å². The summed E-state index contributed by atoms with van der Waals surface area (Å²) in [7, 11) is 1.49. The van der Waals surface area contributed by atoms with Gasteiger partial charge in [0.2, 0.25) is 0 Å². The van der Waals surface area contributed by atoms with E-state index >= 15 is 0 Å². The Kier molecular flexibility index (Phi) is 7.29. The maximum Gasteiger partial charge on any atom is 0.407 e. The van der Waals surface area contributed by atoms with Gasteiger partial charge < -0.3 is 14.7 Å². The summed E-state index contributed by atoms with van der Waals surface area (Å²) in [5.74, 6) is -0.107. The van der Waals surface area contributed by atoms with Gasteiger partial charge in [-0.15, -0.1) is 11.3 Å². The van der Waals surface area contributed by atoms with E-state index in [0.29, 0.717) is 23.9 Å². The second-order valence-corrected chi connectivity index (χ2v) is 7.31. The number of Topliss-reactive ketones (excluding diaryl/α,β-unsaturated/α-hetero) is 1. The number of rotatable bonds is 9. The topological polar surface area (TPSA) is 79.7 Å². The molecule has 2 aromatic rings. The number of thiazole rings is 1. The van der Waals surface area contributed by atoms with Crippen molar-refractivity contribution >= 4 is 23.2 Å². The monoisotopic (exact) mass is 376 g/mol. The van der Waals surface area contributed by atoms with Gasteiger partial charge >= 0.3 is 6.09 Å². The standard InChI is InChI=1S/C19H24N2O4S/c1-13(2)16(21(3)19(23)24)9-17(22)18-20-15(12-26-18)11-25-10-14-7-5-4-6-8-14/h4-8,12-13,16H,9-11H2,1-3H3,(H,23,24)/t16-/m1/s1. The van der Waals surface area contributed by atoms with Gasteiger partial charge in [-0.2, -0.15) is 0 Å². The predicted molar refractivity (Wildman–Crippen MR) is 100 cm³/mol. The minimum Gasteiger partial charge on any atom is -0.465 e. The Hall–Kier alpha value is -2.25. The van der Waals surface area contributed by atoms with Gasteiger partial charge in [0.15, 0.2) is 10.8 Å². The summed E-state index contributed by atoms with van der Waals surface area (Å²) in [5.41, 5.74) is 1.79. The number of aromatic nitrogens is 1. The fourth-order valence-electron chi connectivity index (χ4n) is 2.59. The van der Waals surface area contributed by atoms with Crippen molar-refractivity contribution in [2.45, 2.75) is 39.5 Å². The summed E-state index contributed by atoms with van der Waals surface area (Å²) >= 11 is 1.27. The molecule has 1 amide bonds. The van der Waals surface area contributed by atoms with Crippen LogP contribution in [0.25, 0.3) is 0 Å². The van der Waals surface area contributed by atoms with E-state index in [-0.39, 0.29) is 24.2 Å². The molecule has 0 bridgehead atoms. The molecular weight excluding hydrogens is 352 g/mol. The van der Waals surface area contributed by atoms with Gasteiger partial charge in [-0.05, 0) is 11.5 Å². The molecule has 1 N–H and O–H groups in total. The molecule has 7 heteroatoms. The zero-order valence-electron chi connectivity index (χ0n) is 15.2. The smallest absolute Gasteiger partial charge is 0.407 e. The Balaban J connectivity index is 1.91. The van der Waals surface area contributed by atoms with E-state index in [1.54, 1.807) is 0 Å². The van der Waals surface area contributed by atoms with Crippen LogP contribution in [-0.4, -0.2) is 40.0 Å². The molecule has 1 heterocycles. The molecule has 0 aliphatic heterocycles. The van der Waals surface area contributed by atoms with E-state index in [0.717, 1.165) is 5.56 Å². The van der Waals surface area contributed by atoms with Gasteiger partial charge in [-0.1, -0.05) is 44.2 Å². The first-order valence-electron chi connectivity index (χ1n) is 8.43. The lowest BCUT2D eigenvalue weighted by Crippen LogP contribution is -2.41. The lowest BCUT2D eigenvalue weighted by atomic mass is 9.97. The van der Waals surface area contributed by atoms with Crippen LogP contribution in [0.2, 0.25) is 0 Å². The summed E-state index contributed by atoms with van der Waals surface area (Å²) in [6, 6.07) is 9.47. The number of carboxylic acid groups (broad SMARTS) is 1. The zero-order valence-corrected chi connectivity index (χ0v) is 16.0. The van der Waals surface area contributed by atoms with Crippen molar-refractivity contribution in [3.05, 3.63) is 52.0 Å². The van der Waals surface area contributed by atoms with Gasteiger partial charge in [0.25, 0.3) is 0 Å². The minimum atomic E-state index is -1.04. The van der Waals surface area contributed by atoms with Crippen molar-refractivity contribution < 1.29 is 19.4 Å². The number of carbonyl (C=O) groups excluding carboxylic acids is 1. The fraction of sp³-hybridized carbons (Fsp3) is 0.421. The first-order valence-corrected chi connectivity index (χ1v) is 9.31. The van der Waals surface area contributed by atoms with E-state index in [1.165, 1.54) is 23.3 Å². The van der Waals surface area contributed by atoms with Gasteiger partial charge in [0.05, 0.1) is 18.9 Å². The molecule has 140 valence electrons. The van der Waals surface area contributed by atoms with E-state index < -0.39 is 6.09 Å². The number of amides is 1. The number of carbonyl (C=O) groups is 2. The van der Waals surface area contributed by atoms with Crippen molar-refractivity contribution in [3.8, 4) is 0 Å². The number of ether oxygens (including phenoxy) is 1. The third-order valence-corrected chi connectivity index (χ3v) is 5.05. The molecule has 0 aliphatic carbocycles. The summed E-state index contributed by atoms with van der Waals surface area (Å²) in [5, 5.41) is 11.4. The van der Waals surface area contributed by atoms with E-state index in [9.17, 15) is 9.59 Å². The molecule has 1 aromatic carbocycles. The largest absolute Gasteiger partial charge is 0.465 e. The molecule has 2 rings (SSSR count). The molecule has 0 radical (unpaired) electrons. The van der Waals surface area contributed by atoms with Crippen LogP contribution in [0.15, 0.2) is 35.7 Å². The fourth-order valence-corrected chi connectivity index (χ4v) is 3.34. The van der Waals surface area contributed by atoms with Crippen molar-refractivity contribution in [1.29, 1.82) is 0 Å². The Morgan fingerprint density at radius 3 is 2.54 bits per heavy atom. The van der Waals surface area contributed by atoms with Gasteiger partial charge in [-0.3, -0.25) is 4.79 Å². The summed E-state index contributed by atoms with van der Waals surface area (Å²) in [6.07, 6.45) is -0.913. The van der Waals surface area contributed by atoms with Crippen LogP contribution in [0, 0.1) is 5.92 Å². The molecule has 0 spiro atoms. The zero-order chi connectivity index (χ0) is 19.1. The van der Waals surface area contributed by atoms with Crippen molar-refractivity contribution in [1.82, 2.24) is 9.88 Å². The van der Waals surface area contributed by atoms with Crippen LogP contribution >= 0.6 is 11.3 Å². The van der Waals surface area contributed by atoms with Crippen LogP contribution in [0.4, 0.5) is 4.79 Å². The number of nitrogens with zero attached hydrogens (tertiary/aromatic N) is 2. The maximum atomic E-state index is 12.5. The highest BCUT2D eigenvalue weighted by atomic mass is 32.1. The third kappa shape index (κ3) is 5.64. The number of hydrogen-bond donors (Lipinski definition) is 1. The van der Waals surface area contributed by atoms with Gasteiger partial charge in [0.1, 0.15) is 0 Å². The summed E-state index contributed by atoms with van der Waals surface area (Å²) in [4.78, 5) is 29.2. The summed E-state index contributed by atoms with van der Waals surface area (Å²) in [6.45, 7) is 4.63. The number of ketones is 1. The Morgan fingerprint density at radius 1 is 1.23 bits per heavy atom. The Bertz CT molecular complexity index is 730. The molecule has 0 fully saturated rings. The van der Waals surface area contributed by atoms with Crippen LogP contribution < -0.4 is 0 Å². The van der Waals surface area contributed by atoms with Crippen molar-refractivity contribution in [2.24, 2.45) is 5.92 Å². The van der Waals surface area contributed by atoms with Gasteiger partial charge in [0, 0.05) is 24.9 Å². The Labute approximate surface area is 157 Å². The lowest BCUT2D eigenvalue weighted by Gasteiger charge is -2.28. The van der Waals surface area contributed by atoms with Crippen molar-refractivity contribution in [2.75, 3.05) is 7.05 Å². The number of benzene rings is 1.